The standard InChI is InChI=1S/C25H24N4O3/c1-2-29(17-26)24(31)23(16-18-8-14-22(30)15-9-18)28-25(32)27-21-12-10-20(11-13-21)19-6-4-3-5-7-19/h3-15,23,30H,2,16H2,1H3,(H2,27,28,32). The zero-order valence-electron chi connectivity index (χ0n) is 17.7. The number of aromatic hydroxyl groups is 1. The van der Waals surface area contributed by atoms with E-state index in [9.17, 15) is 20.0 Å². The van der Waals surface area contributed by atoms with Crippen molar-refractivity contribution in [1.82, 2.24) is 10.2 Å². The van der Waals surface area contributed by atoms with Gasteiger partial charge in [-0.25, -0.2) is 9.69 Å². The van der Waals surface area contributed by atoms with Crippen LogP contribution in [0.15, 0.2) is 78.9 Å². The van der Waals surface area contributed by atoms with E-state index in [1.54, 1.807) is 31.2 Å². The average molecular weight is 428 g/mol. The van der Waals surface area contributed by atoms with Crippen LogP contribution in [0.1, 0.15) is 12.5 Å². The number of amides is 3. The second-order valence-electron chi connectivity index (χ2n) is 7.15. The van der Waals surface area contributed by atoms with Gasteiger partial charge in [0.2, 0.25) is 0 Å². The Morgan fingerprint density at radius 1 is 0.969 bits per heavy atom. The molecule has 0 saturated heterocycles. The number of urea groups is 1. The Hall–Kier alpha value is -4.31. The highest BCUT2D eigenvalue weighted by Crippen LogP contribution is 2.21. The minimum atomic E-state index is -0.942. The summed E-state index contributed by atoms with van der Waals surface area (Å²) in [5.74, 6) is -0.397. The molecule has 3 amide bonds. The molecule has 0 bridgehead atoms. The number of benzene rings is 3. The van der Waals surface area contributed by atoms with Gasteiger partial charge in [-0.15, -0.1) is 0 Å². The number of hydrogen-bond acceptors (Lipinski definition) is 4. The third kappa shape index (κ3) is 5.86. The minimum absolute atomic E-state index is 0.105. The quantitative estimate of drug-likeness (QED) is 0.389. The summed E-state index contributed by atoms with van der Waals surface area (Å²) in [6.45, 7) is 1.89. The minimum Gasteiger partial charge on any atom is -0.508 e. The number of nitrogens with zero attached hydrogens (tertiary/aromatic N) is 2. The molecule has 3 rings (SSSR count). The molecule has 0 aliphatic heterocycles. The summed E-state index contributed by atoms with van der Waals surface area (Å²) >= 11 is 0. The van der Waals surface area contributed by atoms with E-state index in [2.05, 4.69) is 10.6 Å². The molecule has 32 heavy (non-hydrogen) atoms. The molecule has 0 aromatic heterocycles. The molecule has 0 radical (unpaired) electrons. The summed E-state index contributed by atoms with van der Waals surface area (Å²) in [6.07, 6.45) is 2.02. The van der Waals surface area contributed by atoms with Crippen LogP contribution in [-0.4, -0.2) is 34.5 Å². The molecule has 1 unspecified atom stereocenters. The van der Waals surface area contributed by atoms with E-state index in [0.717, 1.165) is 21.6 Å². The fraction of sp³-hybridized carbons (Fsp3) is 0.160. The predicted molar refractivity (Wildman–Crippen MR) is 123 cm³/mol. The van der Waals surface area contributed by atoms with Crippen molar-refractivity contribution in [2.45, 2.75) is 19.4 Å². The highest BCUT2D eigenvalue weighted by molar-refractivity contribution is 5.94. The Bertz CT molecular complexity index is 1090. The van der Waals surface area contributed by atoms with Gasteiger partial charge in [0.25, 0.3) is 5.91 Å². The summed E-state index contributed by atoms with van der Waals surface area (Å²) in [5, 5.41) is 24.1. The molecule has 7 nitrogen and oxygen atoms in total. The zero-order valence-corrected chi connectivity index (χ0v) is 17.7. The van der Waals surface area contributed by atoms with Gasteiger partial charge in [0.1, 0.15) is 11.8 Å². The van der Waals surface area contributed by atoms with Gasteiger partial charge in [-0.3, -0.25) is 4.79 Å². The van der Waals surface area contributed by atoms with Crippen molar-refractivity contribution in [2.24, 2.45) is 0 Å². The van der Waals surface area contributed by atoms with E-state index in [1.807, 2.05) is 48.7 Å². The summed E-state index contributed by atoms with van der Waals surface area (Å²) < 4.78 is 0. The van der Waals surface area contributed by atoms with Crippen LogP contribution in [0.25, 0.3) is 11.1 Å². The summed E-state index contributed by atoms with van der Waals surface area (Å²) in [4.78, 5) is 26.4. The molecule has 1 atom stereocenters. The van der Waals surface area contributed by atoms with Crippen LogP contribution in [0.4, 0.5) is 10.5 Å². The monoisotopic (exact) mass is 428 g/mol. The summed E-state index contributed by atoms with van der Waals surface area (Å²) in [7, 11) is 0. The van der Waals surface area contributed by atoms with Crippen LogP contribution in [0.2, 0.25) is 0 Å². The fourth-order valence-corrected chi connectivity index (χ4v) is 3.23. The number of nitrogens with one attached hydrogen (secondary N) is 2. The Labute approximate surface area is 186 Å². The number of phenols is 1. The number of hydrogen-bond donors (Lipinski definition) is 3. The van der Waals surface area contributed by atoms with Gasteiger partial charge in [0, 0.05) is 18.7 Å². The first kappa shape index (κ1) is 22.4. The number of rotatable bonds is 7. The lowest BCUT2D eigenvalue weighted by atomic mass is 10.0. The maximum Gasteiger partial charge on any atom is 0.319 e. The highest BCUT2D eigenvalue weighted by atomic mass is 16.3. The molecule has 7 heteroatoms. The number of phenolic OH excluding ortho intramolecular Hbond substituents is 1. The Balaban J connectivity index is 1.70. The van der Waals surface area contributed by atoms with Crippen molar-refractivity contribution in [3.05, 3.63) is 84.4 Å². The van der Waals surface area contributed by atoms with E-state index in [-0.39, 0.29) is 18.7 Å². The van der Waals surface area contributed by atoms with Crippen molar-refractivity contribution in [1.29, 1.82) is 5.26 Å². The van der Waals surface area contributed by atoms with Crippen molar-refractivity contribution in [3.8, 4) is 23.1 Å². The molecular formula is C25H24N4O3. The van der Waals surface area contributed by atoms with E-state index in [1.165, 1.54) is 12.1 Å². The van der Waals surface area contributed by atoms with Gasteiger partial charge in [-0.2, -0.15) is 5.26 Å². The van der Waals surface area contributed by atoms with Gasteiger partial charge in [0.15, 0.2) is 6.19 Å². The molecule has 3 N–H and O–H groups in total. The summed E-state index contributed by atoms with van der Waals surface area (Å²) in [5.41, 5.74) is 3.40. The molecule has 0 aliphatic rings. The first-order chi connectivity index (χ1) is 15.5. The Morgan fingerprint density at radius 3 is 2.19 bits per heavy atom. The van der Waals surface area contributed by atoms with Crippen molar-refractivity contribution < 1.29 is 14.7 Å². The molecular weight excluding hydrogens is 404 g/mol. The van der Waals surface area contributed by atoms with E-state index in [0.29, 0.717) is 5.69 Å². The Morgan fingerprint density at radius 2 is 1.59 bits per heavy atom. The number of nitriles is 1. The third-order valence-corrected chi connectivity index (χ3v) is 4.93. The lowest BCUT2D eigenvalue weighted by Crippen LogP contribution is -2.49. The molecule has 3 aromatic carbocycles. The van der Waals surface area contributed by atoms with Gasteiger partial charge in [-0.1, -0.05) is 54.6 Å². The van der Waals surface area contributed by atoms with Gasteiger partial charge in [0.05, 0.1) is 0 Å². The molecule has 0 fully saturated rings. The molecule has 162 valence electrons. The lowest BCUT2D eigenvalue weighted by Gasteiger charge is -2.22. The number of likely N-dealkylation sites (N-methyl/N-ethyl adjacent to an activating group) is 1. The van der Waals surface area contributed by atoms with Gasteiger partial charge in [-0.05, 0) is 47.9 Å². The lowest BCUT2D eigenvalue weighted by molar-refractivity contribution is -0.129. The van der Waals surface area contributed by atoms with E-state index in [4.69, 9.17) is 0 Å². The van der Waals surface area contributed by atoms with Crippen molar-refractivity contribution >= 4 is 17.6 Å². The second kappa shape index (κ2) is 10.6. The van der Waals surface area contributed by atoms with Crippen molar-refractivity contribution in [3.63, 3.8) is 0 Å². The maximum absolute atomic E-state index is 12.8. The van der Waals surface area contributed by atoms with Crippen LogP contribution < -0.4 is 10.6 Å². The number of carbonyl (C=O) groups excluding carboxylic acids is 2. The topological polar surface area (TPSA) is 105 Å². The Kier molecular flexibility index (Phi) is 7.44. The van der Waals surface area contributed by atoms with Gasteiger partial charge >= 0.3 is 6.03 Å². The maximum atomic E-state index is 12.8. The van der Waals surface area contributed by atoms with Crippen molar-refractivity contribution in [2.75, 3.05) is 11.9 Å². The molecule has 0 spiro atoms. The normalized spacial score (nSPS) is 11.1. The first-order valence-electron chi connectivity index (χ1n) is 10.2. The smallest absolute Gasteiger partial charge is 0.319 e. The average Bonchev–Trinajstić information content (AvgIpc) is 2.82. The van der Waals surface area contributed by atoms with E-state index >= 15 is 0 Å². The highest BCUT2D eigenvalue weighted by Gasteiger charge is 2.26. The number of anilines is 1. The zero-order chi connectivity index (χ0) is 22.9. The van der Waals surface area contributed by atoms with E-state index < -0.39 is 18.0 Å². The summed E-state index contributed by atoms with van der Waals surface area (Å²) in [6, 6.07) is 22.1. The van der Waals surface area contributed by atoms with Gasteiger partial charge < -0.3 is 15.7 Å². The largest absolute Gasteiger partial charge is 0.508 e. The first-order valence-corrected chi connectivity index (χ1v) is 10.2. The second-order valence-corrected chi connectivity index (χ2v) is 7.15. The molecule has 0 heterocycles. The fourth-order valence-electron chi connectivity index (χ4n) is 3.23. The van der Waals surface area contributed by atoms with Crippen LogP contribution in [0.5, 0.6) is 5.75 Å². The van der Waals surface area contributed by atoms with Crippen LogP contribution in [-0.2, 0) is 11.2 Å². The molecule has 0 aliphatic carbocycles. The van der Waals surface area contributed by atoms with Crippen LogP contribution in [0.3, 0.4) is 0 Å². The SMILES string of the molecule is CCN(C#N)C(=O)C(Cc1ccc(O)cc1)NC(=O)Nc1ccc(-c2ccccc2)cc1. The number of carbonyl (C=O) groups is 2. The van der Waals surface area contributed by atoms with Crippen LogP contribution >= 0.6 is 0 Å². The van der Waals surface area contributed by atoms with Crippen LogP contribution in [0, 0.1) is 11.5 Å². The predicted octanol–water partition coefficient (Wildman–Crippen LogP) is 4.12. The molecule has 3 aromatic rings. The molecule has 0 saturated carbocycles. The third-order valence-electron chi connectivity index (χ3n) is 4.93.